The smallest absolute Gasteiger partial charge is 0.224 e. The molecule has 2 amide bonds. The van der Waals surface area contributed by atoms with Gasteiger partial charge >= 0.3 is 0 Å². The van der Waals surface area contributed by atoms with E-state index < -0.39 is 0 Å². The summed E-state index contributed by atoms with van der Waals surface area (Å²) in [5, 5.41) is 5.70. The summed E-state index contributed by atoms with van der Waals surface area (Å²) in [6.07, 6.45) is 9.36. The first kappa shape index (κ1) is 17.5. The molecule has 1 aromatic carbocycles. The van der Waals surface area contributed by atoms with Crippen LogP contribution in [0.5, 0.6) is 0 Å². The highest BCUT2D eigenvalue weighted by molar-refractivity contribution is 5.98. The first-order valence-electron chi connectivity index (χ1n) is 8.72. The van der Waals surface area contributed by atoms with Crippen molar-refractivity contribution in [1.29, 1.82) is 0 Å². The molecule has 1 saturated carbocycles. The lowest BCUT2D eigenvalue weighted by atomic mass is 9.86. The fraction of sp³-hybridized carbons (Fsp3) is 0.579. The van der Waals surface area contributed by atoms with Gasteiger partial charge in [-0.15, -0.1) is 0 Å². The van der Waals surface area contributed by atoms with Gasteiger partial charge in [-0.1, -0.05) is 38.2 Å². The van der Waals surface area contributed by atoms with Crippen LogP contribution < -0.4 is 10.6 Å². The van der Waals surface area contributed by atoms with Crippen molar-refractivity contribution in [2.45, 2.75) is 65.2 Å². The summed E-state index contributed by atoms with van der Waals surface area (Å²) in [5.74, 6) is 0.699. The lowest BCUT2D eigenvalue weighted by Crippen LogP contribution is -2.15. The molecular formula is C19H28N2O2. The highest BCUT2D eigenvalue weighted by atomic mass is 16.2. The Balaban J connectivity index is 1.84. The average molecular weight is 316 g/mol. The van der Waals surface area contributed by atoms with Crippen LogP contribution in [0, 0.1) is 12.8 Å². The van der Waals surface area contributed by atoms with E-state index in [0.29, 0.717) is 17.8 Å². The molecule has 1 aliphatic carbocycles. The number of nitrogens with one attached hydrogen (secondary N) is 2. The van der Waals surface area contributed by atoms with Gasteiger partial charge in [0.25, 0.3) is 0 Å². The van der Waals surface area contributed by atoms with E-state index in [1.165, 1.54) is 39.0 Å². The number of rotatable bonds is 6. The summed E-state index contributed by atoms with van der Waals surface area (Å²) in [5.41, 5.74) is 2.39. The van der Waals surface area contributed by atoms with E-state index in [0.717, 1.165) is 24.3 Å². The molecule has 1 aromatic rings. The van der Waals surface area contributed by atoms with Gasteiger partial charge in [-0.05, 0) is 43.4 Å². The molecule has 0 saturated heterocycles. The van der Waals surface area contributed by atoms with Gasteiger partial charge < -0.3 is 10.6 Å². The highest BCUT2D eigenvalue weighted by Crippen LogP contribution is 2.28. The Morgan fingerprint density at radius 1 is 1.09 bits per heavy atom. The molecular weight excluding hydrogens is 288 g/mol. The molecule has 126 valence electrons. The molecule has 2 N–H and O–H groups in total. The largest absolute Gasteiger partial charge is 0.325 e. The van der Waals surface area contributed by atoms with Gasteiger partial charge in [-0.2, -0.15) is 0 Å². The number of benzene rings is 1. The minimum absolute atomic E-state index is 0.0259. The Morgan fingerprint density at radius 2 is 1.83 bits per heavy atom. The van der Waals surface area contributed by atoms with E-state index in [9.17, 15) is 9.59 Å². The van der Waals surface area contributed by atoms with E-state index in [1.54, 1.807) is 0 Å². The molecule has 0 atom stereocenters. The molecule has 2 rings (SSSR count). The van der Waals surface area contributed by atoms with Crippen LogP contribution in [0.15, 0.2) is 18.2 Å². The van der Waals surface area contributed by atoms with Crippen molar-refractivity contribution >= 4 is 23.2 Å². The van der Waals surface area contributed by atoms with Crippen molar-refractivity contribution < 1.29 is 9.59 Å². The molecule has 0 heterocycles. The summed E-state index contributed by atoms with van der Waals surface area (Å²) < 4.78 is 0. The van der Waals surface area contributed by atoms with Gasteiger partial charge in [-0.25, -0.2) is 0 Å². The topological polar surface area (TPSA) is 58.2 Å². The summed E-state index contributed by atoms with van der Waals surface area (Å²) in [6.45, 7) is 3.44. The number of aryl methyl sites for hydroxylation is 1. The van der Waals surface area contributed by atoms with Gasteiger partial charge in [0.05, 0.1) is 11.4 Å². The fourth-order valence-corrected chi connectivity index (χ4v) is 3.30. The normalized spacial score (nSPS) is 15.2. The Hall–Kier alpha value is -1.84. The lowest BCUT2D eigenvalue weighted by Gasteiger charge is -2.21. The van der Waals surface area contributed by atoms with Crippen LogP contribution in [0.1, 0.15) is 63.9 Å². The second kappa shape index (κ2) is 8.70. The average Bonchev–Trinajstić information content (AvgIpc) is 2.51. The van der Waals surface area contributed by atoms with Crippen molar-refractivity contribution in [3.63, 3.8) is 0 Å². The molecule has 1 fully saturated rings. The molecule has 0 aromatic heterocycles. The Morgan fingerprint density at radius 3 is 2.52 bits per heavy atom. The van der Waals surface area contributed by atoms with E-state index >= 15 is 0 Å². The quantitative estimate of drug-likeness (QED) is 0.803. The second-order valence-electron chi connectivity index (χ2n) is 6.67. The van der Waals surface area contributed by atoms with Gasteiger partial charge in [0.1, 0.15) is 0 Å². The van der Waals surface area contributed by atoms with Gasteiger partial charge in [-0.3, -0.25) is 9.59 Å². The maximum atomic E-state index is 12.2. The minimum atomic E-state index is -0.137. The van der Waals surface area contributed by atoms with Crippen LogP contribution in [0.25, 0.3) is 0 Å². The number of carbonyl (C=O) groups excluding carboxylic acids is 2. The third-order valence-electron chi connectivity index (χ3n) is 4.50. The summed E-state index contributed by atoms with van der Waals surface area (Å²) in [4.78, 5) is 23.4. The Bertz CT molecular complexity index is 548. The summed E-state index contributed by atoms with van der Waals surface area (Å²) >= 11 is 0. The van der Waals surface area contributed by atoms with Crippen LogP contribution in [-0.2, 0) is 9.59 Å². The third-order valence-corrected chi connectivity index (χ3v) is 4.50. The minimum Gasteiger partial charge on any atom is -0.325 e. The molecule has 0 radical (unpaired) electrons. The van der Waals surface area contributed by atoms with Crippen LogP contribution in [0.2, 0.25) is 0 Å². The van der Waals surface area contributed by atoms with E-state index in [1.807, 2.05) is 25.1 Å². The molecule has 4 nitrogen and oxygen atoms in total. The van der Waals surface area contributed by atoms with E-state index in [4.69, 9.17) is 0 Å². The summed E-state index contributed by atoms with van der Waals surface area (Å²) in [6, 6.07) is 5.64. The van der Waals surface area contributed by atoms with Crippen molar-refractivity contribution in [3.05, 3.63) is 23.8 Å². The SMILES string of the molecule is CC(=O)Nc1ccc(C)cc1NC(=O)CCCC1CCCCC1. The number of hydrogen-bond acceptors (Lipinski definition) is 2. The standard InChI is InChI=1S/C19H28N2O2/c1-14-11-12-17(20-15(2)22)18(13-14)21-19(23)10-6-9-16-7-4-3-5-8-16/h11-13,16H,3-10H2,1-2H3,(H,20,22)(H,21,23). The highest BCUT2D eigenvalue weighted by Gasteiger charge is 2.14. The second-order valence-corrected chi connectivity index (χ2v) is 6.67. The lowest BCUT2D eigenvalue weighted by molar-refractivity contribution is -0.116. The van der Waals surface area contributed by atoms with Gasteiger partial charge in [0.2, 0.25) is 11.8 Å². The monoisotopic (exact) mass is 316 g/mol. The molecule has 0 aliphatic heterocycles. The molecule has 0 unspecified atom stereocenters. The first-order valence-corrected chi connectivity index (χ1v) is 8.72. The van der Waals surface area contributed by atoms with Crippen LogP contribution in [-0.4, -0.2) is 11.8 Å². The predicted molar refractivity (Wildman–Crippen MR) is 94.5 cm³/mol. The number of hydrogen-bond donors (Lipinski definition) is 2. The Labute approximate surface area is 139 Å². The maximum absolute atomic E-state index is 12.2. The zero-order valence-corrected chi connectivity index (χ0v) is 14.3. The molecule has 0 spiro atoms. The maximum Gasteiger partial charge on any atom is 0.224 e. The van der Waals surface area contributed by atoms with E-state index in [2.05, 4.69) is 10.6 Å². The van der Waals surface area contributed by atoms with Crippen molar-refractivity contribution in [3.8, 4) is 0 Å². The zero-order valence-electron chi connectivity index (χ0n) is 14.3. The van der Waals surface area contributed by atoms with Crippen LogP contribution in [0.3, 0.4) is 0 Å². The number of carbonyl (C=O) groups is 2. The molecule has 0 bridgehead atoms. The third kappa shape index (κ3) is 6.05. The molecule has 1 aliphatic rings. The van der Waals surface area contributed by atoms with Crippen molar-refractivity contribution in [2.75, 3.05) is 10.6 Å². The van der Waals surface area contributed by atoms with Gasteiger partial charge in [0.15, 0.2) is 0 Å². The molecule has 23 heavy (non-hydrogen) atoms. The first-order chi connectivity index (χ1) is 11.0. The van der Waals surface area contributed by atoms with Crippen molar-refractivity contribution in [1.82, 2.24) is 0 Å². The molecule has 4 heteroatoms. The number of amides is 2. The Kier molecular flexibility index (Phi) is 6.63. The predicted octanol–water partition coefficient (Wildman–Crippen LogP) is 4.64. The zero-order chi connectivity index (χ0) is 16.7. The van der Waals surface area contributed by atoms with Crippen LogP contribution >= 0.6 is 0 Å². The fourth-order valence-electron chi connectivity index (χ4n) is 3.30. The van der Waals surface area contributed by atoms with Gasteiger partial charge in [0, 0.05) is 13.3 Å². The van der Waals surface area contributed by atoms with E-state index in [-0.39, 0.29) is 11.8 Å². The van der Waals surface area contributed by atoms with Crippen LogP contribution in [0.4, 0.5) is 11.4 Å². The number of anilines is 2. The summed E-state index contributed by atoms with van der Waals surface area (Å²) in [7, 11) is 0. The van der Waals surface area contributed by atoms with Crippen molar-refractivity contribution in [2.24, 2.45) is 5.92 Å².